The second-order valence-corrected chi connectivity index (χ2v) is 5.54. The molecule has 0 aliphatic carbocycles. The summed E-state index contributed by atoms with van der Waals surface area (Å²) in [5.74, 6) is -1.90. The highest BCUT2D eigenvalue weighted by Gasteiger charge is 2.38. The highest BCUT2D eigenvalue weighted by Crippen LogP contribution is 2.26. The fourth-order valence-electron chi connectivity index (χ4n) is 1.76. The predicted octanol–water partition coefficient (Wildman–Crippen LogP) is 0.732. The van der Waals surface area contributed by atoms with Crippen molar-refractivity contribution in [2.24, 2.45) is 11.1 Å². The van der Waals surface area contributed by atoms with Gasteiger partial charge < -0.3 is 15.2 Å². The standard InChI is InChI=1S/C14H23NO6/c1-9(16)20-8-14(3,4)13(21-10(2)17)11(18)6-5-7-12(15)19/h13H,5-8H2,1-4H3,(H2,15,19)/t13-/m0/s1. The molecule has 0 aliphatic heterocycles. The highest BCUT2D eigenvalue weighted by atomic mass is 16.6. The quantitative estimate of drug-likeness (QED) is 0.628. The Morgan fingerprint density at radius 1 is 1.05 bits per heavy atom. The Morgan fingerprint density at radius 2 is 1.62 bits per heavy atom. The topological polar surface area (TPSA) is 113 Å². The molecule has 7 nitrogen and oxygen atoms in total. The van der Waals surface area contributed by atoms with Gasteiger partial charge in [0.1, 0.15) is 6.61 Å². The number of amides is 1. The van der Waals surface area contributed by atoms with Gasteiger partial charge in [0.2, 0.25) is 5.91 Å². The van der Waals surface area contributed by atoms with Crippen molar-refractivity contribution < 1.29 is 28.7 Å². The van der Waals surface area contributed by atoms with Crippen LogP contribution in [0.15, 0.2) is 0 Å². The molecule has 0 bridgehead atoms. The van der Waals surface area contributed by atoms with Crippen molar-refractivity contribution in [1.82, 2.24) is 0 Å². The van der Waals surface area contributed by atoms with Gasteiger partial charge in [0.15, 0.2) is 11.9 Å². The molecule has 0 unspecified atom stereocenters. The molecule has 0 saturated carbocycles. The normalized spacial score (nSPS) is 12.4. The summed E-state index contributed by atoms with van der Waals surface area (Å²) in [4.78, 5) is 44.9. The second kappa shape index (κ2) is 8.39. The zero-order valence-corrected chi connectivity index (χ0v) is 12.9. The second-order valence-electron chi connectivity index (χ2n) is 5.54. The molecule has 120 valence electrons. The van der Waals surface area contributed by atoms with E-state index >= 15 is 0 Å². The van der Waals surface area contributed by atoms with Gasteiger partial charge in [-0.05, 0) is 6.42 Å². The van der Waals surface area contributed by atoms with Crippen LogP contribution in [0.2, 0.25) is 0 Å². The van der Waals surface area contributed by atoms with Gasteiger partial charge >= 0.3 is 11.9 Å². The van der Waals surface area contributed by atoms with Gasteiger partial charge in [-0.15, -0.1) is 0 Å². The number of nitrogens with two attached hydrogens (primary N) is 1. The SMILES string of the molecule is CC(=O)OCC(C)(C)[C@@H](OC(C)=O)C(=O)CCCC(N)=O. The molecule has 0 rings (SSSR count). The van der Waals surface area contributed by atoms with Crippen LogP contribution in [0.3, 0.4) is 0 Å². The van der Waals surface area contributed by atoms with Crippen LogP contribution in [0.4, 0.5) is 0 Å². The van der Waals surface area contributed by atoms with Crippen LogP contribution >= 0.6 is 0 Å². The van der Waals surface area contributed by atoms with Crippen molar-refractivity contribution in [3.63, 3.8) is 0 Å². The van der Waals surface area contributed by atoms with Crippen LogP contribution in [0, 0.1) is 5.41 Å². The minimum atomic E-state index is -1.04. The molecular formula is C14H23NO6. The first-order valence-corrected chi connectivity index (χ1v) is 6.68. The lowest BCUT2D eigenvalue weighted by Crippen LogP contribution is -2.43. The molecule has 2 N–H and O–H groups in total. The van der Waals surface area contributed by atoms with E-state index in [1.807, 2.05) is 0 Å². The number of Topliss-reactive ketones (excluding diaryl/α,β-unsaturated/α-hetero) is 1. The minimum Gasteiger partial charge on any atom is -0.465 e. The molecule has 1 amide bonds. The summed E-state index contributed by atoms with van der Waals surface area (Å²) >= 11 is 0. The molecule has 0 aromatic carbocycles. The summed E-state index contributed by atoms with van der Waals surface area (Å²) in [6.45, 7) is 5.73. The minimum absolute atomic E-state index is 0.0537. The van der Waals surface area contributed by atoms with Crippen LogP contribution in [-0.4, -0.2) is 36.3 Å². The fraction of sp³-hybridized carbons (Fsp3) is 0.714. The first-order valence-electron chi connectivity index (χ1n) is 6.68. The highest BCUT2D eigenvalue weighted by molar-refractivity contribution is 5.86. The van der Waals surface area contributed by atoms with Crippen molar-refractivity contribution in [3.05, 3.63) is 0 Å². The van der Waals surface area contributed by atoms with Gasteiger partial charge in [-0.2, -0.15) is 0 Å². The summed E-state index contributed by atoms with van der Waals surface area (Å²) in [5, 5.41) is 0. The largest absolute Gasteiger partial charge is 0.465 e. The van der Waals surface area contributed by atoms with E-state index < -0.39 is 29.4 Å². The van der Waals surface area contributed by atoms with Crippen molar-refractivity contribution in [2.45, 2.75) is 53.1 Å². The van der Waals surface area contributed by atoms with Gasteiger partial charge in [0.05, 0.1) is 0 Å². The number of hydrogen-bond donors (Lipinski definition) is 1. The first kappa shape index (κ1) is 19.1. The zero-order chi connectivity index (χ0) is 16.6. The molecule has 1 atom stereocenters. The molecule has 0 aromatic heterocycles. The number of primary amides is 1. The van der Waals surface area contributed by atoms with E-state index in [9.17, 15) is 19.2 Å². The maximum atomic E-state index is 12.2. The Balaban J connectivity index is 4.82. The van der Waals surface area contributed by atoms with Crippen LogP contribution in [0.25, 0.3) is 0 Å². The number of ketones is 1. The van der Waals surface area contributed by atoms with Crippen molar-refractivity contribution in [3.8, 4) is 0 Å². The Bertz CT molecular complexity index is 416. The lowest BCUT2D eigenvalue weighted by Gasteiger charge is -2.31. The van der Waals surface area contributed by atoms with E-state index in [-0.39, 0.29) is 31.7 Å². The van der Waals surface area contributed by atoms with Crippen LogP contribution in [-0.2, 0) is 28.7 Å². The molecule has 0 radical (unpaired) electrons. The van der Waals surface area contributed by atoms with Crippen LogP contribution < -0.4 is 5.73 Å². The molecular weight excluding hydrogens is 278 g/mol. The zero-order valence-electron chi connectivity index (χ0n) is 12.9. The van der Waals surface area contributed by atoms with E-state index in [2.05, 4.69) is 0 Å². The van der Waals surface area contributed by atoms with E-state index in [0.717, 1.165) is 0 Å². The van der Waals surface area contributed by atoms with Crippen molar-refractivity contribution in [1.29, 1.82) is 0 Å². The van der Waals surface area contributed by atoms with Crippen molar-refractivity contribution >= 4 is 23.6 Å². The molecule has 0 aromatic rings. The maximum Gasteiger partial charge on any atom is 0.303 e. The maximum absolute atomic E-state index is 12.2. The molecule has 0 heterocycles. The van der Waals surface area contributed by atoms with Gasteiger partial charge in [-0.25, -0.2) is 0 Å². The molecule has 0 fully saturated rings. The van der Waals surface area contributed by atoms with E-state index in [1.54, 1.807) is 13.8 Å². The first-order chi connectivity index (χ1) is 9.56. The number of hydrogen-bond acceptors (Lipinski definition) is 6. The third kappa shape index (κ3) is 8.06. The van der Waals surface area contributed by atoms with Gasteiger partial charge in [0.25, 0.3) is 0 Å². The summed E-state index contributed by atoms with van der Waals surface area (Å²) in [6, 6.07) is 0. The number of esters is 2. The summed E-state index contributed by atoms with van der Waals surface area (Å²) in [5.41, 5.74) is 4.15. The van der Waals surface area contributed by atoms with E-state index in [1.165, 1.54) is 13.8 Å². The Morgan fingerprint density at radius 3 is 2.05 bits per heavy atom. The van der Waals surface area contributed by atoms with E-state index in [4.69, 9.17) is 15.2 Å². The van der Waals surface area contributed by atoms with Gasteiger partial charge in [-0.3, -0.25) is 19.2 Å². The Hall–Kier alpha value is -1.92. The number of ether oxygens (including phenoxy) is 2. The summed E-state index contributed by atoms with van der Waals surface area (Å²) in [6.07, 6.45) is -0.606. The lowest BCUT2D eigenvalue weighted by atomic mass is 9.83. The lowest BCUT2D eigenvalue weighted by molar-refractivity contribution is -0.165. The molecule has 0 spiro atoms. The number of carbonyl (C=O) groups excluding carboxylic acids is 4. The Labute approximate surface area is 124 Å². The molecule has 7 heteroatoms. The molecule has 0 saturated heterocycles. The smallest absolute Gasteiger partial charge is 0.303 e. The average Bonchev–Trinajstić information content (AvgIpc) is 2.32. The van der Waals surface area contributed by atoms with Crippen LogP contribution in [0.1, 0.15) is 47.0 Å². The van der Waals surface area contributed by atoms with E-state index in [0.29, 0.717) is 0 Å². The predicted molar refractivity (Wildman–Crippen MR) is 74.0 cm³/mol. The van der Waals surface area contributed by atoms with Gasteiger partial charge in [0, 0.05) is 32.1 Å². The third-order valence-corrected chi connectivity index (χ3v) is 2.78. The van der Waals surface area contributed by atoms with Crippen LogP contribution in [0.5, 0.6) is 0 Å². The molecule has 0 aliphatic rings. The number of rotatable bonds is 9. The van der Waals surface area contributed by atoms with Gasteiger partial charge in [-0.1, -0.05) is 13.8 Å². The summed E-state index contributed by atoms with van der Waals surface area (Å²) in [7, 11) is 0. The summed E-state index contributed by atoms with van der Waals surface area (Å²) < 4.78 is 9.98. The average molecular weight is 301 g/mol. The monoisotopic (exact) mass is 301 g/mol. The van der Waals surface area contributed by atoms with Crippen molar-refractivity contribution in [2.75, 3.05) is 6.61 Å². The molecule has 21 heavy (non-hydrogen) atoms. The third-order valence-electron chi connectivity index (χ3n) is 2.78. The fourth-order valence-corrected chi connectivity index (χ4v) is 1.76. The Kier molecular flexibility index (Phi) is 7.62. The number of carbonyl (C=O) groups is 4.